The summed E-state index contributed by atoms with van der Waals surface area (Å²) in [5, 5.41) is 13.4. The number of carbonyl (C=O) groups is 1. The third kappa shape index (κ3) is 3.14. The van der Waals surface area contributed by atoms with E-state index < -0.39 is 5.60 Å². The number of nitrogens with one attached hydrogen (secondary N) is 1. The summed E-state index contributed by atoms with van der Waals surface area (Å²) in [6, 6.07) is 12.1. The van der Waals surface area contributed by atoms with E-state index >= 15 is 0 Å². The third-order valence-corrected chi connectivity index (χ3v) is 3.94. The molecule has 0 bridgehead atoms. The van der Waals surface area contributed by atoms with E-state index in [1.807, 2.05) is 0 Å². The van der Waals surface area contributed by atoms with Gasteiger partial charge in [0.05, 0.1) is 19.2 Å². The maximum absolute atomic E-state index is 12.3. The van der Waals surface area contributed by atoms with Gasteiger partial charge in [-0.2, -0.15) is 0 Å². The molecule has 1 aliphatic rings. The minimum Gasteiger partial charge on any atom is -0.496 e. The van der Waals surface area contributed by atoms with Crippen molar-refractivity contribution in [2.24, 2.45) is 0 Å². The minimum absolute atomic E-state index is 0.0452. The zero-order chi connectivity index (χ0) is 17.2. The van der Waals surface area contributed by atoms with E-state index in [1.54, 1.807) is 49.4 Å². The standard InChI is InChI=1S/C18H19NO5/c1-18(21,12-7-8-15-16(9-12)24-11-23-15)10-19-17(20)13-5-3-4-6-14(13)22-2/h3-9,21H,10-11H2,1-2H3,(H,19,20). The van der Waals surface area contributed by atoms with Crippen molar-refractivity contribution in [3.05, 3.63) is 53.6 Å². The molecule has 1 heterocycles. The molecule has 1 amide bonds. The van der Waals surface area contributed by atoms with Gasteiger partial charge in [0.2, 0.25) is 6.79 Å². The summed E-state index contributed by atoms with van der Waals surface area (Å²) >= 11 is 0. The Morgan fingerprint density at radius 3 is 2.79 bits per heavy atom. The Kier molecular flexibility index (Phi) is 4.31. The molecule has 2 aromatic rings. The van der Waals surface area contributed by atoms with Crippen molar-refractivity contribution in [1.82, 2.24) is 5.32 Å². The Morgan fingerprint density at radius 1 is 1.25 bits per heavy atom. The lowest BCUT2D eigenvalue weighted by atomic mass is 9.95. The van der Waals surface area contributed by atoms with Crippen LogP contribution in [0.1, 0.15) is 22.8 Å². The van der Waals surface area contributed by atoms with Gasteiger partial charge in [-0.1, -0.05) is 18.2 Å². The Morgan fingerprint density at radius 2 is 2.00 bits per heavy atom. The van der Waals surface area contributed by atoms with Gasteiger partial charge in [0, 0.05) is 0 Å². The normalized spacial score (nSPS) is 14.8. The van der Waals surface area contributed by atoms with Gasteiger partial charge in [0.15, 0.2) is 11.5 Å². The fourth-order valence-corrected chi connectivity index (χ4v) is 2.51. The molecule has 0 aromatic heterocycles. The van der Waals surface area contributed by atoms with Crippen LogP contribution in [0.4, 0.5) is 0 Å². The molecule has 0 aliphatic carbocycles. The van der Waals surface area contributed by atoms with Crippen LogP contribution in [0.25, 0.3) is 0 Å². The second kappa shape index (κ2) is 6.41. The molecule has 24 heavy (non-hydrogen) atoms. The average molecular weight is 329 g/mol. The van der Waals surface area contributed by atoms with E-state index in [1.165, 1.54) is 7.11 Å². The van der Waals surface area contributed by atoms with Crippen LogP contribution in [0.2, 0.25) is 0 Å². The summed E-state index contributed by atoms with van der Waals surface area (Å²) in [6.45, 7) is 1.85. The molecular weight excluding hydrogens is 310 g/mol. The molecule has 0 radical (unpaired) electrons. The highest BCUT2D eigenvalue weighted by Crippen LogP contribution is 2.35. The lowest BCUT2D eigenvalue weighted by Crippen LogP contribution is -2.38. The van der Waals surface area contributed by atoms with E-state index in [0.717, 1.165) is 0 Å². The Hall–Kier alpha value is -2.73. The summed E-state index contributed by atoms with van der Waals surface area (Å²) in [6.07, 6.45) is 0. The van der Waals surface area contributed by atoms with Gasteiger partial charge < -0.3 is 24.6 Å². The summed E-state index contributed by atoms with van der Waals surface area (Å²) < 4.78 is 15.8. The molecule has 0 saturated carbocycles. The number of hydrogen-bond acceptors (Lipinski definition) is 5. The largest absolute Gasteiger partial charge is 0.496 e. The summed E-state index contributed by atoms with van der Waals surface area (Å²) in [5.74, 6) is 1.41. The van der Waals surface area contributed by atoms with Crippen LogP contribution < -0.4 is 19.5 Å². The van der Waals surface area contributed by atoms with E-state index in [2.05, 4.69) is 5.32 Å². The van der Waals surface area contributed by atoms with Crippen molar-refractivity contribution in [3.63, 3.8) is 0 Å². The van der Waals surface area contributed by atoms with Gasteiger partial charge in [-0.3, -0.25) is 4.79 Å². The lowest BCUT2D eigenvalue weighted by molar-refractivity contribution is 0.0524. The molecule has 0 saturated heterocycles. The Bertz CT molecular complexity index is 757. The topological polar surface area (TPSA) is 77.0 Å². The van der Waals surface area contributed by atoms with Crippen molar-refractivity contribution < 1.29 is 24.1 Å². The number of benzene rings is 2. The summed E-state index contributed by atoms with van der Waals surface area (Å²) in [5.41, 5.74) is -0.202. The van der Waals surface area contributed by atoms with Crippen LogP contribution in [-0.4, -0.2) is 31.5 Å². The number of aliphatic hydroxyl groups is 1. The average Bonchev–Trinajstić information content (AvgIpc) is 3.07. The first-order valence-corrected chi connectivity index (χ1v) is 7.55. The molecule has 0 spiro atoms. The minimum atomic E-state index is -1.25. The van der Waals surface area contributed by atoms with Crippen molar-refractivity contribution in [2.45, 2.75) is 12.5 Å². The van der Waals surface area contributed by atoms with Gasteiger partial charge in [0.25, 0.3) is 5.91 Å². The predicted molar refractivity (Wildman–Crippen MR) is 87.5 cm³/mol. The molecule has 1 atom stereocenters. The second-order valence-electron chi connectivity index (χ2n) is 5.72. The quantitative estimate of drug-likeness (QED) is 0.878. The number of rotatable bonds is 5. The number of para-hydroxylation sites is 1. The first-order chi connectivity index (χ1) is 11.5. The number of carbonyl (C=O) groups excluding carboxylic acids is 1. The number of amides is 1. The highest BCUT2D eigenvalue weighted by molar-refractivity contribution is 5.96. The third-order valence-electron chi connectivity index (χ3n) is 3.94. The van der Waals surface area contributed by atoms with Crippen LogP contribution >= 0.6 is 0 Å². The molecular formula is C18H19NO5. The molecule has 2 aromatic carbocycles. The van der Waals surface area contributed by atoms with E-state index in [0.29, 0.717) is 28.4 Å². The molecule has 1 aliphatic heterocycles. The highest BCUT2D eigenvalue weighted by atomic mass is 16.7. The smallest absolute Gasteiger partial charge is 0.255 e. The number of hydrogen-bond donors (Lipinski definition) is 2. The van der Waals surface area contributed by atoms with Crippen LogP contribution in [0.5, 0.6) is 17.2 Å². The van der Waals surface area contributed by atoms with Crippen LogP contribution in [0.3, 0.4) is 0 Å². The monoisotopic (exact) mass is 329 g/mol. The van der Waals surface area contributed by atoms with Gasteiger partial charge in [0.1, 0.15) is 11.4 Å². The van der Waals surface area contributed by atoms with Crippen LogP contribution in [0.15, 0.2) is 42.5 Å². The van der Waals surface area contributed by atoms with E-state index in [-0.39, 0.29) is 19.2 Å². The molecule has 3 rings (SSSR count). The Labute approximate surface area is 140 Å². The zero-order valence-electron chi connectivity index (χ0n) is 13.5. The molecule has 2 N–H and O–H groups in total. The van der Waals surface area contributed by atoms with Gasteiger partial charge in [-0.15, -0.1) is 0 Å². The molecule has 126 valence electrons. The molecule has 1 unspecified atom stereocenters. The Balaban J connectivity index is 1.72. The first kappa shape index (κ1) is 16.1. The number of ether oxygens (including phenoxy) is 3. The van der Waals surface area contributed by atoms with E-state index in [9.17, 15) is 9.90 Å². The highest BCUT2D eigenvalue weighted by Gasteiger charge is 2.27. The van der Waals surface area contributed by atoms with Gasteiger partial charge >= 0.3 is 0 Å². The first-order valence-electron chi connectivity index (χ1n) is 7.55. The summed E-state index contributed by atoms with van der Waals surface area (Å²) in [7, 11) is 1.51. The van der Waals surface area contributed by atoms with Crippen molar-refractivity contribution in [3.8, 4) is 17.2 Å². The maximum Gasteiger partial charge on any atom is 0.255 e. The van der Waals surface area contributed by atoms with Crippen molar-refractivity contribution >= 4 is 5.91 Å². The van der Waals surface area contributed by atoms with Crippen LogP contribution in [-0.2, 0) is 5.60 Å². The summed E-state index contributed by atoms with van der Waals surface area (Å²) in [4.78, 5) is 12.3. The fraction of sp³-hybridized carbons (Fsp3) is 0.278. The SMILES string of the molecule is COc1ccccc1C(=O)NCC(C)(O)c1ccc2c(c1)OCO2. The lowest BCUT2D eigenvalue weighted by Gasteiger charge is -2.24. The zero-order valence-corrected chi connectivity index (χ0v) is 13.5. The van der Waals surface area contributed by atoms with Crippen molar-refractivity contribution in [1.29, 1.82) is 0 Å². The van der Waals surface area contributed by atoms with Crippen LogP contribution in [0, 0.1) is 0 Å². The maximum atomic E-state index is 12.3. The number of fused-ring (bicyclic) bond motifs is 1. The van der Waals surface area contributed by atoms with Crippen molar-refractivity contribution in [2.75, 3.05) is 20.4 Å². The van der Waals surface area contributed by atoms with Gasteiger partial charge in [-0.05, 0) is 36.8 Å². The second-order valence-corrected chi connectivity index (χ2v) is 5.72. The number of methoxy groups -OCH3 is 1. The van der Waals surface area contributed by atoms with Gasteiger partial charge in [-0.25, -0.2) is 0 Å². The fourth-order valence-electron chi connectivity index (χ4n) is 2.51. The molecule has 0 fully saturated rings. The molecule has 6 heteroatoms. The van der Waals surface area contributed by atoms with E-state index in [4.69, 9.17) is 14.2 Å². The molecule has 6 nitrogen and oxygen atoms in total. The predicted octanol–water partition coefficient (Wildman–Crippen LogP) is 2.06.